The first-order valence-electron chi connectivity index (χ1n) is 5.54. The minimum absolute atomic E-state index is 0.0282. The second kappa shape index (κ2) is 5.61. The maximum absolute atomic E-state index is 11.9. The quantitative estimate of drug-likeness (QED) is 0.675. The van der Waals surface area contributed by atoms with Crippen molar-refractivity contribution >= 4 is 29.1 Å². The number of carbonyl (C=O) groups is 1. The molecule has 0 aliphatic heterocycles. The monoisotopic (exact) mass is 296 g/mol. The van der Waals surface area contributed by atoms with Crippen molar-refractivity contribution in [2.24, 2.45) is 0 Å². The molecule has 9 nitrogen and oxygen atoms in total. The van der Waals surface area contributed by atoms with Crippen molar-refractivity contribution in [2.75, 3.05) is 5.32 Å². The molecule has 104 valence electrons. The van der Waals surface area contributed by atoms with E-state index in [9.17, 15) is 14.9 Å². The lowest BCUT2D eigenvalue weighted by Gasteiger charge is -2.02. The summed E-state index contributed by atoms with van der Waals surface area (Å²) in [5, 5.41) is 24.1. The summed E-state index contributed by atoms with van der Waals surface area (Å²) in [5.74, 6) is -0.535. The molecule has 2 aromatic rings. The molecule has 1 aromatic carbocycles. The van der Waals surface area contributed by atoms with E-state index in [1.807, 2.05) is 6.92 Å². The number of halogens is 1. The van der Waals surface area contributed by atoms with Crippen LogP contribution in [0.4, 0.5) is 11.6 Å². The third-order valence-corrected chi connectivity index (χ3v) is 2.68. The number of carbonyl (C=O) groups excluding carboxylic acids is 1. The highest BCUT2D eigenvalue weighted by Gasteiger charge is 2.16. The highest BCUT2D eigenvalue weighted by atomic mass is 35.5. The van der Waals surface area contributed by atoms with Crippen molar-refractivity contribution in [1.29, 1.82) is 0 Å². The summed E-state index contributed by atoms with van der Waals surface area (Å²) in [6.07, 6.45) is 0. The maximum Gasteiger partial charge on any atom is 0.270 e. The number of aromatic nitrogens is 4. The van der Waals surface area contributed by atoms with Crippen LogP contribution in [0.1, 0.15) is 17.3 Å². The number of nitro benzene ring substituents is 1. The first kappa shape index (κ1) is 13.9. The van der Waals surface area contributed by atoms with E-state index in [0.29, 0.717) is 6.54 Å². The molecule has 0 aliphatic carbocycles. The van der Waals surface area contributed by atoms with Gasteiger partial charge in [0.2, 0.25) is 0 Å². The molecule has 0 atom stereocenters. The molecule has 2 rings (SSSR count). The van der Waals surface area contributed by atoms with Gasteiger partial charge in [0, 0.05) is 12.1 Å². The molecule has 20 heavy (non-hydrogen) atoms. The predicted molar refractivity (Wildman–Crippen MR) is 69.6 cm³/mol. The van der Waals surface area contributed by atoms with Crippen LogP contribution >= 0.6 is 11.6 Å². The number of anilines is 1. The Morgan fingerprint density at radius 3 is 2.85 bits per heavy atom. The van der Waals surface area contributed by atoms with Crippen LogP contribution < -0.4 is 5.32 Å². The molecule has 0 spiro atoms. The van der Waals surface area contributed by atoms with Gasteiger partial charge < -0.3 is 0 Å². The number of benzene rings is 1. The lowest BCUT2D eigenvalue weighted by Crippen LogP contribution is -2.14. The molecule has 1 heterocycles. The van der Waals surface area contributed by atoms with Gasteiger partial charge in [-0.2, -0.15) is 4.80 Å². The number of amides is 1. The Hall–Kier alpha value is -2.55. The van der Waals surface area contributed by atoms with E-state index in [2.05, 4.69) is 20.7 Å². The predicted octanol–water partition coefficient (Wildman–Crippen LogP) is 1.51. The summed E-state index contributed by atoms with van der Waals surface area (Å²) in [6, 6.07) is 3.56. The molecule has 0 aliphatic rings. The first-order chi connectivity index (χ1) is 9.51. The minimum atomic E-state index is -0.595. The topological polar surface area (TPSA) is 116 Å². The van der Waals surface area contributed by atoms with E-state index in [4.69, 9.17) is 11.6 Å². The number of nitrogens with one attached hydrogen (secondary N) is 1. The number of tetrazole rings is 1. The number of non-ortho nitro benzene ring substituents is 1. The summed E-state index contributed by atoms with van der Waals surface area (Å²) in [6.45, 7) is 2.33. The van der Waals surface area contributed by atoms with Crippen LogP contribution in [0.15, 0.2) is 18.2 Å². The fraction of sp³-hybridized carbons (Fsp3) is 0.200. The van der Waals surface area contributed by atoms with Crippen molar-refractivity contribution < 1.29 is 9.72 Å². The van der Waals surface area contributed by atoms with E-state index in [-0.39, 0.29) is 22.2 Å². The van der Waals surface area contributed by atoms with Gasteiger partial charge in [-0.3, -0.25) is 20.2 Å². The SMILES string of the molecule is CCn1nnc(NC(=O)c2ccc([N+](=O)[O-])cc2Cl)n1. The molecule has 1 amide bonds. The van der Waals surface area contributed by atoms with Crippen LogP contribution in [-0.4, -0.2) is 31.0 Å². The van der Waals surface area contributed by atoms with Crippen LogP contribution in [-0.2, 0) is 6.54 Å². The molecule has 1 aromatic heterocycles. The first-order valence-corrected chi connectivity index (χ1v) is 5.92. The molecular weight excluding hydrogens is 288 g/mol. The van der Waals surface area contributed by atoms with Gasteiger partial charge in [0.15, 0.2) is 0 Å². The Bertz CT molecular complexity index is 671. The van der Waals surface area contributed by atoms with E-state index in [1.165, 1.54) is 16.9 Å². The zero-order valence-electron chi connectivity index (χ0n) is 10.3. The van der Waals surface area contributed by atoms with E-state index >= 15 is 0 Å². The van der Waals surface area contributed by atoms with Gasteiger partial charge in [-0.15, -0.1) is 5.10 Å². The highest BCUT2D eigenvalue weighted by Crippen LogP contribution is 2.22. The number of aryl methyl sites for hydroxylation is 1. The summed E-state index contributed by atoms with van der Waals surface area (Å²) in [7, 11) is 0. The van der Waals surface area contributed by atoms with Crippen LogP contribution in [0.25, 0.3) is 0 Å². The summed E-state index contributed by atoms with van der Waals surface area (Å²) < 4.78 is 0. The molecule has 0 radical (unpaired) electrons. The smallest absolute Gasteiger partial charge is 0.270 e. The standard InChI is InChI=1S/C10H9ClN6O3/c1-2-16-14-10(13-15-16)12-9(18)7-4-3-6(17(19)20)5-8(7)11/h3-5H,2H2,1H3,(H,12,14,18). The van der Waals surface area contributed by atoms with Gasteiger partial charge in [0.25, 0.3) is 17.5 Å². The lowest BCUT2D eigenvalue weighted by atomic mass is 10.2. The largest absolute Gasteiger partial charge is 0.288 e. The van der Waals surface area contributed by atoms with E-state index < -0.39 is 10.8 Å². The van der Waals surface area contributed by atoms with Gasteiger partial charge in [-0.1, -0.05) is 16.7 Å². The van der Waals surface area contributed by atoms with Crippen molar-refractivity contribution in [3.63, 3.8) is 0 Å². The molecule has 0 fully saturated rings. The van der Waals surface area contributed by atoms with Crippen LogP contribution in [0, 0.1) is 10.1 Å². The average Bonchev–Trinajstić information content (AvgIpc) is 2.85. The molecule has 1 N–H and O–H groups in total. The third kappa shape index (κ3) is 2.88. The third-order valence-electron chi connectivity index (χ3n) is 2.37. The van der Waals surface area contributed by atoms with Gasteiger partial charge in [-0.25, -0.2) is 0 Å². The summed E-state index contributed by atoms with van der Waals surface area (Å²) in [4.78, 5) is 23.2. The highest BCUT2D eigenvalue weighted by molar-refractivity contribution is 6.34. The van der Waals surface area contributed by atoms with E-state index in [1.54, 1.807) is 0 Å². The second-order valence-electron chi connectivity index (χ2n) is 3.68. The summed E-state index contributed by atoms with van der Waals surface area (Å²) >= 11 is 5.84. The molecular formula is C10H9ClN6O3. The second-order valence-corrected chi connectivity index (χ2v) is 4.08. The van der Waals surface area contributed by atoms with Crippen LogP contribution in [0.5, 0.6) is 0 Å². The Morgan fingerprint density at radius 1 is 1.55 bits per heavy atom. The fourth-order valence-electron chi connectivity index (χ4n) is 1.40. The number of hydrogen-bond donors (Lipinski definition) is 1. The van der Waals surface area contributed by atoms with Crippen LogP contribution in [0.3, 0.4) is 0 Å². The van der Waals surface area contributed by atoms with Crippen molar-refractivity contribution in [1.82, 2.24) is 20.2 Å². The van der Waals surface area contributed by atoms with Crippen molar-refractivity contribution in [2.45, 2.75) is 13.5 Å². The van der Waals surface area contributed by atoms with Gasteiger partial charge in [0.1, 0.15) is 0 Å². The Morgan fingerprint density at radius 2 is 2.30 bits per heavy atom. The number of hydrogen-bond acceptors (Lipinski definition) is 6. The van der Waals surface area contributed by atoms with Gasteiger partial charge in [0.05, 0.1) is 22.1 Å². The Labute approximate surface area is 117 Å². The van der Waals surface area contributed by atoms with Crippen molar-refractivity contribution in [3.8, 4) is 0 Å². The van der Waals surface area contributed by atoms with Gasteiger partial charge >= 0.3 is 0 Å². The Kier molecular flexibility index (Phi) is 3.89. The molecule has 0 unspecified atom stereocenters. The summed E-state index contributed by atoms with van der Waals surface area (Å²) in [5.41, 5.74) is -0.105. The number of nitro groups is 1. The molecule has 0 saturated heterocycles. The lowest BCUT2D eigenvalue weighted by molar-refractivity contribution is -0.384. The van der Waals surface area contributed by atoms with Crippen LogP contribution in [0.2, 0.25) is 5.02 Å². The normalized spacial score (nSPS) is 10.3. The van der Waals surface area contributed by atoms with E-state index in [0.717, 1.165) is 6.07 Å². The number of nitrogens with zero attached hydrogens (tertiary/aromatic N) is 5. The Balaban J connectivity index is 2.18. The minimum Gasteiger partial charge on any atom is -0.288 e. The number of rotatable bonds is 4. The fourth-order valence-corrected chi connectivity index (χ4v) is 1.66. The average molecular weight is 297 g/mol. The zero-order valence-corrected chi connectivity index (χ0v) is 11.0. The molecule has 0 bridgehead atoms. The molecule has 10 heteroatoms. The zero-order chi connectivity index (χ0) is 14.7. The van der Waals surface area contributed by atoms with Crippen molar-refractivity contribution in [3.05, 3.63) is 38.9 Å². The maximum atomic E-state index is 11.9. The van der Waals surface area contributed by atoms with Gasteiger partial charge in [-0.05, 0) is 18.2 Å². The molecule has 0 saturated carbocycles.